The van der Waals surface area contributed by atoms with Gasteiger partial charge in [-0.05, 0) is 61.4 Å². The summed E-state index contributed by atoms with van der Waals surface area (Å²) in [5.41, 5.74) is 5.03. The number of carbonyl (C=O) groups excluding carboxylic acids is 1. The van der Waals surface area contributed by atoms with E-state index >= 15 is 0 Å². The number of amides is 1. The number of imidazole rings is 1. The number of aryl methyl sites for hydroxylation is 1. The molecule has 4 aromatic rings. The molecule has 8 nitrogen and oxygen atoms in total. The summed E-state index contributed by atoms with van der Waals surface area (Å²) in [6.07, 6.45) is 5.40. The molecule has 2 aliphatic rings. The third-order valence-corrected chi connectivity index (χ3v) is 7.50. The zero-order valence-electron chi connectivity index (χ0n) is 20.3. The molecule has 6 rings (SSSR count). The van der Waals surface area contributed by atoms with Crippen LogP contribution < -0.4 is 0 Å². The van der Waals surface area contributed by atoms with E-state index in [0.717, 1.165) is 60.2 Å². The Morgan fingerprint density at radius 1 is 1.19 bits per heavy atom. The van der Waals surface area contributed by atoms with Crippen LogP contribution in [0.4, 0.5) is 4.79 Å². The van der Waals surface area contributed by atoms with E-state index in [1.165, 1.54) is 0 Å². The summed E-state index contributed by atoms with van der Waals surface area (Å²) in [7, 11) is 1.93. The molecule has 1 amide bonds. The Labute approximate surface area is 209 Å². The number of rotatable bonds is 5. The molecular formula is C28H28N6O2. The molecule has 2 aromatic heterocycles. The highest BCUT2D eigenvalue weighted by atomic mass is 16.6. The molecule has 8 heteroatoms. The largest absolute Gasteiger partial charge is 0.441 e. The topological polar surface area (TPSA) is 89.0 Å². The van der Waals surface area contributed by atoms with Crippen LogP contribution >= 0.6 is 0 Å². The van der Waals surface area contributed by atoms with Gasteiger partial charge in [-0.2, -0.15) is 10.4 Å². The lowest BCUT2D eigenvalue weighted by Gasteiger charge is -2.36. The van der Waals surface area contributed by atoms with Crippen LogP contribution in [0.2, 0.25) is 0 Å². The van der Waals surface area contributed by atoms with Crippen molar-refractivity contribution in [2.45, 2.75) is 44.4 Å². The van der Waals surface area contributed by atoms with Gasteiger partial charge in [0.25, 0.3) is 0 Å². The van der Waals surface area contributed by atoms with Crippen molar-refractivity contribution in [2.24, 2.45) is 13.0 Å². The molecule has 1 aliphatic carbocycles. The first-order valence-corrected chi connectivity index (χ1v) is 12.4. The molecule has 1 saturated heterocycles. The third-order valence-electron chi connectivity index (χ3n) is 7.50. The second kappa shape index (κ2) is 8.83. The quantitative estimate of drug-likeness (QED) is 0.406. The van der Waals surface area contributed by atoms with Gasteiger partial charge in [0.2, 0.25) is 0 Å². The molecule has 2 aromatic carbocycles. The van der Waals surface area contributed by atoms with Gasteiger partial charge in [-0.3, -0.25) is 9.58 Å². The van der Waals surface area contributed by atoms with E-state index in [0.29, 0.717) is 24.6 Å². The first-order chi connectivity index (χ1) is 17.5. The molecule has 1 unspecified atom stereocenters. The number of nitriles is 1. The van der Waals surface area contributed by atoms with Crippen LogP contribution in [-0.4, -0.2) is 42.5 Å². The van der Waals surface area contributed by atoms with Gasteiger partial charge < -0.3 is 9.30 Å². The zero-order chi connectivity index (χ0) is 24.7. The second-order valence-electron chi connectivity index (χ2n) is 10.1. The number of carbonyl (C=O) groups is 1. The van der Waals surface area contributed by atoms with E-state index < -0.39 is 5.60 Å². The van der Waals surface area contributed by atoms with Crippen molar-refractivity contribution in [3.8, 4) is 17.3 Å². The standard InChI is InChI=1S/C28H28N6O2/c1-32-25(22-7-3-2-4-8-22)13-23(31-32)17-33-18-28(36-27(33)35)11-5-6-21(14-28)16-34-19-30-24-10-9-20(15-29)12-26(24)34/h2-4,7-10,12-13,19,21H,5-6,11,14,16-18H2,1H3/t21-,28?/m0/s1. The van der Waals surface area contributed by atoms with Gasteiger partial charge in [0, 0.05) is 13.6 Å². The molecule has 2 fully saturated rings. The highest BCUT2D eigenvalue weighted by Crippen LogP contribution is 2.41. The second-order valence-corrected chi connectivity index (χ2v) is 10.1. The number of fused-ring (bicyclic) bond motifs is 1. The van der Waals surface area contributed by atoms with Gasteiger partial charge in [-0.1, -0.05) is 30.3 Å². The fourth-order valence-corrected chi connectivity index (χ4v) is 5.88. The molecule has 1 saturated carbocycles. The Morgan fingerprint density at radius 3 is 2.89 bits per heavy atom. The number of ether oxygens (including phenoxy) is 1. The third kappa shape index (κ3) is 4.11. The Hall–Kier alpha value is -4.12. The van der Waals surface area contributed by atoms with Gasteiger partial charge in [-0.15, -0.1) is 0 Å². The lowest BCUT2D eigenvalue weighted by molar-refractivity contribution is 0.00415. The monoisotopic (exact) mass is 480 g/mol. The average molecular weight is 481 g/mol. The van der Waals surface area contributed by atoms with Gasteiger partial charge >= 0.3 is 6.09 Å². The molecule has 182 valence electrons. The van der Waals surface area contributed by atoms with Crippen molar-refractivity contribution in [2.75, 3.05) is 6.54 Å². The zero-order valence-corrected chi connectivity index (χ0v) is 20.3. The van der Waals surface area contributed by atoms with E-state index in [2.05, 4.69) is 38.9 Å². The van der Waals surface area contributed by atoms with Gasteiger partial charge in [-0.25, -0.2) is 9.78 Å². The van der Waals surface area contributed by atoms with Crippen LogP contribution in [0.15, 0.2) is 60.9 Å². The minimum Gasteiger partial charge on any atom is -0.441 e. The van der Waals surface area contributed by atoms with E-state index in [1.807, 2.05) is 48.4 Å². The highest BCUT2D eigenvalue weighted by Gasteiger charge is 2.48. The van der Waals surface area contributed by atoms with Gasteiger partial charge in [0.15, 0.2) is 0 Å². The van der Waals surface area contributed by atoms with E-state index in [-0.39, 0.29) is 6.09 Å². The number of hydrogen-bond acceptors (Lipinski definition) is 5. The number of nitrogens with zero attached hydrogens (tertiary/aromatic N) is 6. The van der Waals surface area contributed by atoms with Crippen LogP contribution in [0.1, 0.15) is 36.9 Å². The Kier molecular flexibility index (Phi) is 5.48. The van der Waals surface area contributed by atoms with Crippen molar-refractivity contribution >= 4 is 17.1 Å². The summed E-state index contributed by atoms with van der Waals surface area (Å²) in [5, 5.41) is 13.9. The fraction of sp³-hybridized carbons (Fsp3) is 0.357. The minimum absolute atomic E-state index is 0.255. The Bertz CT molecular complexity index is 1470. The molecule has 1 spiro atoms. The molecule has 0 radical (unpaired) electrons. The first-order valence-electron chi connectivity index (χ1n) is 12.4. The van der Waals surface area contributed by atoms with Crippen molar-refractivity contribution in [3.05, 3.63) is 72.2 Å². The van der Waals surface area contributed by atoms with Crippen molar-refractivity contribution in [1.29, 1.82) is 5.26 Å². The van der Waals surface area contributed by atoms with E-state index in [9.17, 15) is 10.1 Å². The summed E-state index contributed by atoms with van der Waals surface area (Å²) in [5.74, 6) is 0.370. The van der Waals surface area contributed by atoms with Gasteiger partial charge in [0.05, 0.1) is 53.5 Å². The normalized spacial score (nSPS) is 21.7. The molecule has 0 N–H and O–H groups in total. The summed E-state index contributed by atoms with van der Waals surface area (Å²) < 4.78 is 10.1. The van der Waals surface area contributed by atoms with Crippen molar-refractivity contribution in [3.63, 3.8) is 0 Å². The number of aromatic nitrogens is 4. The smallest absolute Gasteiger partial charge is 0.410 e. The maximum Gasteiger partial charge on any atom is 0.410 e. The summed E-state index contributed by atoms with van der Waals surface area (Å²) in [4.78, 5) is 19.2. The van der Waals surface area contributed by atoms with Crippen LogP contribution in [0.3, 0.4) is 0 Å². The van der Waals surface area contributed by atoms with E-state index in [4.69, 9.17) is 4.74 Å². The molecule has 36 heavy (non-hydrogen) atoms. The van der Waals surface area contributed by atoms with Gasteiger partial charge in [0.1, 0.15) is 5.60 Å². The SMILES string of the molecule is Cn1nc(CN2CC3(CCC[C@H](Cn4cnc5ccc(C#N)cc54)C3)OC2=O)cc1-c1ccccc1. The maximum absolute atomic E-state index is 12.9. The minimum atomic E-state index is -0.453. The predicted octanol–water partition coefficient (Wildman–Crippen LogP) is 4.89. The van der Waals surface area contributed by atoms with Crippen LogP contribution in [0, 0.1) is 17.2 Å². The molecule has 2 atom stereocenters. The highest BCUT2D eigenvalue weighted by molar-refractivity contribution is 5.77. The molecule has 0 bridgehead atoms. The number of hydrogen-bond donors (Lipinski definition) is 0. The first kappa shape index (κ1) is 22.4. The average Bonchev–Trinajstić information content (AvgIpc) is 3.54. The van der Waals surface area contributed by atoms with Crippen LogP contribution in [0.25, 0.3) is 22.3 Å². The fourth-order valence-electron chi connectivity index (χ4n) is 5.88. The lowest BCUT2D eigenvalue weighted by atomic mass is 9.78. The predicted molar refractivity (Wildman–Crippen MR) is 135 cm³/mol. The Morgan fingerprint density at radius 2 is 2.06 bits per heavy atom. The lowest BCUT2D eigenvalue weighted by Crippen LogP contribution is -2.40. The van der Waals surface area contributed by atoms with Crippen LogP contribution in [0.5, 0.6) is 0 Å². The summed E-state index contributed by atoms with van der Waals surface area (Å²) >= 11 is 0. The van der Waals surface area contributed by atoms with Crippen molar-refractivity contribution < 1.29 is 9.53 Å². The van der Waals surface area contributed by atoms with Crippen LogP contribution in [-0.2, 0) is 24.9 Å². The maximum atomic E-state index is 12.9. The van der Waals surface area contributed by atoms with Crippen molar-refractivity contribution in [1.82, 2.24) is 24.2 Å². The summed E-state index contributed by atoms with van der Waals surface area (Å²) in [6, 6.07) is 20.0. The molecule has 1 aliphatic heterocycles. The number of benzene rings is 2. The Balaban J connectivity index is 1.16. The molecule has 3 heterocycles. The molecular weight excluding hydrogens is 452 g/mol. The van der Waals surface area contributed by atoms with E-state index in [1.54, 1.807) is 11.0 Å². The summed E-state index contributed by atoms with van der Waals surface area (Å²) in [6.45, 7) is 1.82.